The molecule has 0 aromatic heterocycles. The molecule has 3 heteroatoms. The van der Waals surface area contributed by atoms with Crippen LogP contribution in [0.3, 0.4) is 0 Å². The van der Waals surface area contributed by atoms with Gasteiger partial charge in [0.1, 0.15) is 17.6 Å². The van der Waals surface area contributed by atoms with Gasteiger partial charge < -0.3 is 10.5 Å². The summed E-state index contributed by atoms with van der Waals surface area (Å²) in [7, 11) is 0. The highest BCUT2D eigenvalue weighted by molar-refractivity contribution is 5.83. The van der Waals surface area contributed by atoms with Crippen molar-refractivity contribution in [3.8, 4) is 17.6 Å². The molecule has 1 aliphatic rings. The first kappa shape index (κ1) is 11.4. The van der Waals surface area contributed by atoms with Crippen LogP contribution < -0.4 is 10.5 Å². The lowest BCUT2D eigenvalue weighted by molar-refractivity contribution is 0.474. The van der Waals surface area contributed by atoms with Gasteiger partial charge in [0.2, 0.25) is 0 Å². The van der Waals surface area contributed by atoms with Gasteiger partial charge in [-0.1, -0.05) is 30.3 Å². The van der Waals surface area contributed by atoms with Crippen molar-refractivity contribution < 1.29 is 4.74 Å². The normalized spacial score (nSPS) is 17.2. The molecule has 0 fully saturated rings. The predicted octanol–water partition coefficient (Wildman–Crippen LogP) is 3.23. The average Bonchev–Trinajstić information content (AvgIpc) is 2.42. The van der Waals surface area contributed by atoms with Crippen molar-refractivity contribution in [2.45, 2.75) is 6.42 Å². The third-order valence-electron chi connectivity index (χ3n) is 3.16. The van der Waals surface area contributed by atoms with Crippen LogP contribution in [0, 0.1) is 11.3 Å². The highest BCUT2D eigenvalue weighted by Crippen LogP contribution is 2.36. The summed E-state index contributed by atoms with van der Waals surface area (Å²) in [6.45, 7) is 0. The Bertz CT molecular complexity index is 711. The highest BCUT2D eigenvalue weighted by Gasteiger charge is 2.18. The number of allylic oxidation sites excluding steroid dienone is 2. The molecule has 0 spiro atoms. The van der Waals surface area contributed by atoms with Gasteiger partial charge in [-0.2, -0.15) is 5.26 Å². The van der Waals surface area contributed by atoms with E-state index in [1.807, 2.05) is 48.5 Å². The molecule has 2 aromatic carbocycles. The van der Waals surface area contributed by atoms with Gasteiger partial charge in [-0.3, -0.25) is 0 Å². The SMILES string of the molecule is N#C/C1=C(\N)Cc2ccccc2Oc2ccccc21. The second kappa shape index (κ2) is 4.51. The summed E-state index contributed by atoms with van der Waals surface area (Å²) in [5, 5.41) is 9.33. The van der Waals surface area contributed by atoms with Crippen molar-refractivity contribution in [1.82, 2.24) is 0 Å². The number of nitrogens with zero attached hydrogens (tertiary/aromatic N) is 1. The fourth-order valence-electron chi connectivity index (χ4n) is 2.23. The first-order valence-corrected chi connectivity index (χ1v) is 6.03. The van der Waals surface area contributed by atoms with E-state index in [9.17, 15) is 5.26 Å². The van der Waals surface area contributed by atoms with Gasteiger partial charge >= 0.3 is 0 Å². The average molecular weight is 248 g/mol. The Labute approximate surface area is 111 Å². The van der Waals surface area contributed by atoms with Gasteiger partial charge in [0.25, 0.3) is 0 Å². The minimum absolute atomic E-state index is 0.491. The number of nitrogens with two attached hydrogens (primary N) is 1. The lowest BCUT2D eigenvalue weighted by Crippen LogP contribution is -2.09. The van der Waals surface area contributed by atoms with Crippen molar-refractivity contribution in [1.29, 1.82) is 5.26 Å². The predicted molar refractivity (Wildman–Crippen MR) is 73.4 cm³/mol. The number of hydrogen-bond donors (Lipinski definition) is 1. The van der Waals surface area contributed by atoms with Crippen molar-refractivity contribution in [3.63, 3.8) is 0 Å². The molecule has 1 aliphatic heterocycles. The third kappa shape index (κ3) is 1.94. The zero-order chi connectivity index (χ0) is 13.2. The zero-order valence-corrected chi connectivity index (χ0v) is 10.3. The fourth-order valence-corrected chi connectivity index (χ4v) is 2.23. The van der Waals surface area contributed by atoms with Crippen molar-refractivity contribution in [2.75, 3.05) is 0 Å². The van der Waals surface area contributed by atoms with Crippen LogP contribution in [0.1, 0.15) is 11.1 Å². The first-order chi connectivity index (χ1) is 9.29. The Morgan fingerprint density at radius 3 is 2.47 bits per heavy atom. The van der Waals surface area contributed by atoms with Gasteiger partial charge in [0.15, 0.2) is 0 Å². The number of fused-ring (bicyclic) bond motifs is 2. The Morgan fingerprint density at radius 1 is 1.00 bits per heavy atom. The summed E-state index contributed by atoms with van der Waals surface area (Å²) in [5.74, 6) is 1.45. The van der Waals surface area contributed by atoms with E-state index in [0.717, 1.165) is 16.9 Å². The number of rotatable bonds is 0. The van der Waals surface area contributed by atoms with Crippen LogP contribution in [0.25, 0.3) is 5.57 Å². The standard InChI is InChI=1S/C16H12N2O/c17-10-13-12-6-2-4-8-16(12)19-15-7-3-1-5-11(15)9-14(13)18/h1-8H,9,18H2/b14-13+. The Balaban J connectivity index is 2.27. The van der Waals surface area contributed by atoms with E-state index in [-0.39, 0.29) is 0 Å². The largest absolute Gasteiger partial charge is 0.456 e. The number of benzene rings is 2. The van der Waals surface area contributed by atoms with E-state index in [4.69, 9.17) is 10.5 Å². The molecule has 0 radical (unpaired) electrons. The minimum Gasteiger partial charge on any atom is -0.456 e. The van der Waals surface area contributed by atoms with E-state index in [0.29, 0.717) is 23.4 Å². The van der Waals surface area contributed by atoms with Gasteiger partial charge in [-0.05, 0) is 18.2 Å². The second-order valence-corrected chi connectivity index (χ2v) is 4.39. The smallest absolute Gasteiger partial charge is 0.136 e. The molecule has 0 unspecified atom stereocenters. The molecule has 0 saturated heterocycles. The minimum atomic E-state index is 0.491. The van der Waals surface area contributed by atoms with E-state index < -0.39 is 0 Å². The van der Waals surface area contributed by atoms with E-state index in [1.165, 1.54) is 0 Å². The maximum absolute atomic E-state index is 9.33. The lowest BCUT2D eigenvalue weighted by atomic mass is 9.98. The van der Waals surface area contributed by atoms with E-state index in [1.54, 1.807) is 0 Å². The van der Waals surface area contributed by atoms with Crippen LogP contribution >= 0.6 is 0 Å². The summed E-state index contributed by atoms with van der Waals surface area (Å²) in [5.41, 5.74) is 8.89. The van der Waals surface area contributed by atoms with Crippen LogP contribution in [-0.4, -0.2) is 0 Å². The lowest BCUT2D eigenvalue weighted by Gasteiger charge is -2.18. The number of ether oxygens (including phenoxy) is 1. The molecule has 0 atom stereocenters. The zero-order valence-electron chi connectivity index (χ0n) is 10.3. The summed E-state index contributed by atoms with van der Waals surface area (Å²) in [4.78, 5) is 0. The number of para-hydroxylation sites is 2. The molecule has 3 rings (SSSR count). The number of nitriles is 1. The summed E-state index contributed by atoms with van der Waals surface area (Å²) >= 11 is 0. The summed E-state index contributed by atoms with van der Waals surface area (Å²) in [6, 6.07) is 17.4. The molecule has 2 N–H and O–H groups in total. The molecule has 19 heavy (non-hydrogen) atoms. The van der Waals surface area contributed by atoms with Gasteiger partial charge in [0, 0.05) is 23.2 Å². The van der Waals surface area contributed by atoms with Crippen LogP contribution in [0.15, 0.2) is 54.2 Å². The fraction of sp³-hybridized carbons (Fsp3) is 0.0625. The molecule has 2 aromatic rings. The molecule has 0 aliphatic carbocycles. The molecular weight excluding hydrogens is 236 g/mol. The van der Waals surface area contributed by atoms with Crippen LogP contribution in [0.2, 0.25) is 0 Å². The van der Waals surface area contributed by atoms with Crippen molar-refractivity contribution in [2.24, 2.45) is 5.73 Å². The first-order valence-electron chi connectivity index (χ1n) is 6.03. The molecule has 0 bridgehead atoms. The molecule has 0 amide bonds. The molecule has 3 nitrogen and oxygen atoms in total. The van der Waals surface area contributed by atoms with Crippen LogP contribution in [-0.2, 0) is 6.42 Å². The van der Waals surface area contributed by atoms with Crippen LogP contribution in [0.4, 0.5) is 0 Å². The third-order valence-corrected chi connectivity index (χ3v) is 3.16. The second-order valence-electron chi connectivity index (χ2n) is 4.39. The van der Waals surface area contributed by atoms with Gasteiger partial charge in [-0.15, -0.1) is 0 Å². The quantitative estimate of drug-likeness (QED) is 0.778. The van der Waals surface area contributed by atoms with Crippen molar-refractivity contribution in [3.05, 3.63) is 65.4 Å². The van der Waals surface area contributed by atoms with Gasteiger partial charge in [-0.25, -0.2) is 0 Å². The van der Waals surface area contributed by atoms with Crippen molar-refractivity contribution >= 4 is 5.57 Å². The molecule has 92 valence electrons. The Morgan fingerprint density at radius 2 is 1.68 bits per heavy atom. The number of hydrogen-bond acceptors (Lipinski definition) is 3. The summed E-state index contributed by atoms with van der Waals surface area (Å²) in [6.07, 6.45) is 0.521. The maximum Gasteiger partial charge on any atom is 0.136 e. The molecule has 1 heterocycles. The summed E-state index contributed by atoms with van der Waals surface area (Å²) < 4.78 is 5.92. The van der Waals surface area contributed by atoms with Gasteiger partial charge in [0.05, 0.1) is 5.57 Å². The Hall–Kier alpha value is -2.73. The van der Waals surface area contributed by atoms with Crippen LogP contribution in [0.5, 0.6) is 11.5 Å². The van der Waals surface area contributed by atoms with E-state index in [2.05, 4.69) is 6.07 Å². The molecule has 0 saturated carbocycles. The van der Waals surface area contributed by atoms with E-state index >= 15 is 0 Å². The maximum atomic E-state index is 9.33. The Kier molecular flexibility index (Phi) is 2.70. The highest BCUT2D eigenvalue weighted by atomic mass is 16.5. The monoisotopic (exact) mass is 248 g/mol. The molecular formula is C16H12N2O. The topological polar surface area (TPSA) is 59.0 Å².